The first-order valence-corrected chi connectivity index (χ1v) is 8.90. The molecule has 0 bridgehead atoms. The summed E-state index contributed by atoms with van der Waals surface area (Å²) in [7, 11) is 0. The lowest BCUT2D eigenvalue weighted by Crippen LogP contribution is -2.38. The summed E-state index contributed by atoms with van der Waals surface area (Å²) in [6, 6.07) is 27.4. The van der Waals surface area contributed by atoms with E-state index in [-0.39, 0.29) is 12.1 Å². The van der Waals surface area contributed by atoms with Crippen LogP contribution in [-0.4, -0.2) is 6.03 Å². The monoisotopic (exact) mass is 394 g/mol. The van der Waals surface area contributed by atoms with Crippen molar-refractivity contribution in [2.24, 2.45) is 0 Å². The van der Waals surface area contributed by atoms with Crippen LogP contribution in [0.25, 0.3) is 0 Å². The summed E-state index contributed by atoms with van der Waals surface area (Å²) in [6.07, 6.45) is 0. The zero-order chi connectivity index (χ0) is 17.5. The third-order valence-corrected chi connectivity index (χ3v) is 4.38. The normalized spacial score (nSPS) is 10.5. The van der Waals surface area contributed by atoms with Crippen LogP contribution in [0.2, 0.25) is 0 Å². The van der Waals surface area contributed by atoms with E-state index in [0.717, 1.165) is 21.2 Å². The number of hydrogen-bond donors (Lipinski definition) is 2. The van der Waals surface area contributed by atoms with Gasteiger partial charge in [-0.05, 0) is 28.8 Å². The van der Waals surface area contributed by atoms with E-state index in [4.69, 9.17) is 0 Å². The number of hydrogen-bond acceptors (Lipinski definition) is 1. The molecule has 0 atom stereocenters. The molecule has 3 aromatic carbocycles. The van der Waals surface area contributed by atoms with E-state index in [2.05, 4.69) is 26.6 Å². The van der Waals surface area contributed by atoms with Crippen molar-refractivity contribution in [3.8, 4) is 0 Å². The Hall–Kier alpha value is -2.59. The average molecular weight is 395 g/mol. The lowest BCUT2D eigenvalue weighted by molar-refractivity contribution is 0.238. The van der Waals surface area contributed by atoms with Crippen molar-refractivity contribution < 1.29 is 4.79 Å². The van der Waals surface area contributed by atoms with Crippen molar-refractivity contribution in [2.45, 2.75) is 12.6 Å². The standard InChI is InChI=1S/C21H19BrN2O/c22-19-13-7-8-16(14-19)15-23-21(25)24-20(17-9-3-1-4-10-17)18-11-5-2-6-12-18/h1-14,20H,15H2,(H2,23,24,25). The molecule has 0 fully saturated rings. The maximum absolute atomic E-state index is 12.4. The van der Waals surface area contributed by atoms with Crippen molar-refractivity contribution in [1.82, 2.24) is 10.6 Å². The van der Waals surface area contributed by atoms with Crippen molar-refractivity contribution in [3.63, 3.8) is 0 Å². The zero-order valence-electron chi connectivity index (χ0n) is 13.7. The Labute approximate surface area is 156 Å². The third-order valence-electron chi connectivity index (χ3n) is 3.88. The number of urea groups is 1. The van der Waals surface area contributed by atoms with Crippen LogP contribution in [0.5, 0.6) is 0 Å². The van der Waals surface area contributed by atoms with Crippen LogP contribution in [-0.2, 0) is 6.54 Å². The molecule has 0 radical (unpaired) electrons. The number of carbonyl (C=O) groups is 1. The van der Waals surface area contributed by atoms with Gasteiger partial charge < -0.3 is 10.6 Å². The zero-order valence-corrected chi connectivity index (χ0v) is 15.2. The van der Waals surface area contributed by atoms with Gasteiger partial charge in [-0.25, -0.2) is 4.79 Å². The fourth-order valence-corrected chi connectivity index (χ4v) is 3.11. The summed E-state index contributed by atoms with van der Waals surface area (Å²) in [5.41, 5.74) is 3.14. The van der Waals surface area contributed by atoms with Crippen LogP contribution in [0.1, 0.15) is 22.7 Å². The summed E-state index contributed by atoms with van der Waals surface area (Å²) in [4.78, 5) is 12.4. The van der Waals surface area contributed by atoms with Crippen molar-refractivity contribution in [2.75, 3.05) is 0 Å². The quantitative estimate of drug-likeness (QED) is 0.625. The summed E-state index contributed by atoms with van der Waals surface area (Å²) in [5, 5.41) is 6.00. The molecule has 0 saturated heterocycles. The highest BCUT2D eigenvalue weighted by Crippen LogP contribution is 2.21. The molecule has 4 heteroatoms. The molecule has 0 heterocycles. The summed E-state index contributed by atoms with van der Waals surface area (Å²) in [6.45, 7) is 0.474. The second-order valence-corrected chi connectivity index (χ2v) is 6.63. The maximum Gasteiger partial charge on any atom is 0.315 e. The van der Waals surface area contributed by atoms with Crippen LogP contribution in [0, 0.1) is 0 Å². The first-order valence-electron chi connectivity index (χ1n) is 8.11. The van der Waals surface area contributed by atoms with E-state index < -0.39 is 0 Å². The molecule has 2 amide bonds. The molecule has 0 aliphatic heterocycles. The molecule has 0 aliphatic rings. The summed E-state index contributed by atoms with van der Waals surface area (Å²) in [5.74, 6) is 0. The second kappa shape index (κ2) is 8.49. The smallest absolute Gasteiger partial charge is 0.315 e. The van der Waals surface area contributed by atoms with Crippen molar-refractivity contribution in [3.05, 3.63) is 106 Å². The lowest BCUT2D eigenvalue weighted by Gasteiger charge is -2.20. The highest BCUT2D eigenvalue weighted by Gasteiger charge is 2.16. The van der Waals surface area contributed by atoms with Crippen LogP contribution >= 0.6 is 15.9 Å². The number of halogens is 1. The van der Waals surface area contributed by atoms with Gasteiger partial charge >= 0.3 is 6.03 Å². The van der Waals surface area contributed by atoms with Gasteiger partial charge in [-0.1, -0.05) is 88.7 Å². The van der Waals surface area contributed by atoms with E-state index in [1.165, 1.54) is 0 Å². The Balaban J connectivity index is 1.71. The molecule has 0 saturated carbocycles. The van der Waals surface area contributed by atoms with Crippen molar-refractivity contribution >= 4 is 22.0 Å². The minimum Gasteiger partial charge on any atom is -0.334 e. The van der Waals surface area contributed by atoms with Crippen LogP contribution < -0.4 is 10.6 Å². The Morgan fingerprint density at radius 2 is 1.44 bits per heavy atom. The van der Waals surface area contributed by atoms with E-state index in [1.807, 2.05) is 84.9 Å². The van der Waals surface area contributed by atoms with E-state index >= 15 is 0 Å². The molecule has 0 unspecified atom stereocenters. The van der Waals surface area contributed by atoms with Crippen molar-refractivity contribution in [1.29, 1.82) is 0 Å². The van der Waals surface area contributed by atoms with Gasteiger partial charge in [0.2, 0.25) is 0 Å². The van der Waals surface area contributed by atoms with E-state index in [1.54, 1.807) is 0 Å². The van der Waals surface area contributed by atoms with Gasteiger partial charge in [-0.2, -0.15) is 0 Å². The van der Waals surface area contributed by atoms with Gasteiger partial charge in [0.25, 0.3) is 0 Å². The molecule has 25 heavy (non-hydrogen) atoms. The maximum atomic E-state index is 12.4. The van der Waals surface area contributed by atoms with E-state index in [0.29, 0.717) is 6.54 Å². The van der Waals surface area contributed by atoms with E-state index in [9.17, 15) is 4.79 Å². The number of rotatable bonds is 5. The molecule has 3 nitrogen and oxygen atoms in total. The molecule has 0 aromatic heterocycles. The van der Waals surface area contributed by atoms with Gasteiger partial charge in [-0.3, -0.25) is 0 Å². The first-order chi connectivity index (χ1) is 12.2. The first kappa shape index (κ1) is 17.2. The minimum absolute atomic E-state index is 0.190. The Morgan fingerprint density at radius 3 is 2.00 bits per heavy atom. The molecule has 126 valence electrons. The van der Waals surface area contributed by atoms with Crippen LogP contribution in [0.4, 0.5) is 4.79 Å². The number of amides is 2. The van der Waals surface area contributed by atoms with Gasteiger partial charge in [0.1, 0.15) is 0 Å². The number of benzene rings is 3. The predicted octanol–water partition coefficient (Wildman–Crippen LogP) is 5.04. The summed E-state index contributed by atoms with van der Waals surface area (Å²) < 4.78 is 0.999. The average Bonchev–Trinajstić information content (AvgIpc) is 2.66. The Bertz CT molecular complexity index is 782. The number of carbonyl (C=O) groups excluding carboxylic acids is 1. The molecule has 0 aliphatic carbocycles. The third kappa shape index (κ3) is 4.94. The minimum atomic E-state index is -0.197. The molecule has 3 rings (SSSR count). The lowest BCUT2D eigenvalue weighted by atomic mass is 9.99. The molecule has 0 spiro atoms. The Kier molecular flexibility index (Phi) is 5.86. The fraction of sp³-hybridized carbons (Fsp3) is 0.0952. The molecule has 3 aromatic rings. The van der Waals surface area contributed by atoms with Crippen LogP contribution in [0.3, 0.4) is 0 Å². The summed E-state index contributed by atoms with van der Waals surface area (Å²) >= 11 is 3.44. The highest BCUT2D eigenvalue weighted by atomic mass is 79.9. The van der Waals surface area contributed by atoms with Crippen LogP contribution in [0.15, 0.2) is 89.4 Å². The van der Waals surface area contributed by atoms with Gasteiger partial charge in [-0.15, -0.1) is 0 Å². The van der Waals surface area contributed by atoms with Gasteiger partial charge in [0.05, 0.1) is 6.04 Å². The molecular formula is C21H19BrN2O. The SMILES string of the molecule is O=C(NCc1cccc(Br)c1)NC(c1ccccc1)c1ccccc1. The number of nitrogens with one attached hydrogen (secondary N) is 2. The van der Waals surface area contributed by atoms with Gasteiger partial charge in [0.15, 0.2) is 0 Å². The van der Waals surface area contributed by atoms with Gasteiger partial charge in [0, 0.05) is 11.0 Å². The highest BCUT2D eigenvalue weighted by molar-refractivity contribution is 9.10. The molecular weight excluding hydrogens is 376 g/mol. The Morgan fingerprint density at radius 1 is 0.840 bits per heavy atom. The topological polar surface area (TPSA) is 41.1 Å². The molecule has 2 N–H and O–H groups in total. The largest absolute Gasteiger partial charge is 0.334 e. The predicted molar refractivity (Wildman–Crippen MR) is 104 cm³/mol. The second-order valence-electron chi connectivity index (χ2n) is 5.71. The fourth-order valence-electron chi connectivity index (χ4n) is 2.66.